The van der Waals surface area contributed by atoms with Crippen molar-refractivity contribution in [1.82, 2.24) is 0 Å². The second-order valence-electron chi connectivity index (χ2n) is 9.69. The zero-order chi connectivity index (χ0) is 21.4. The van der Waals surface area contributed by atoms with Crippen LogP contribution in [0, 0.1) is 22.0 Å². The zero-order valence-corrected chi connectivity index (χ0v) is 19.8. The minimum absolute atomic E-state index is 0.0604. The van der Waals surface area contributed by atoms with Gasteiger partial charge in [-0.2, -0.15) is 0 Å². The molecule has 0 bridgehead atoms. The van der Waals surface area contributed by atoms with Crippen LogP contribution < -0.4 is 0 Å². The molecule has 0 radical (unpaired) electrons. The van der Waals surface area contributed by atoms with Gasteiger partial charge in [0, 0.05) is 23.4 Å². The maximum atomic E-state index is 11.4. The minimum atomic E-state index is -1.88. The van der Waals surface area contributed by atoms with Crippen molar-refractivity contribution in [2.24, 2.45) is 11.8 Å². The Kier molecular flexibility index (Phi) is 10.1. The minimum Gasteiger partial charge on any atom is -0.466 e. The van der Waals surface area contributed by atoms with Crippen LogP contribution in [0.2, 0.25) is 18.1 Å². The summed E-state index contributed by atoms with van der Waals surface area (Å²) in [6.07, 6.45) is 7.41. The molecule has 0 aromatic rings. The van der Waals surface area contributed by atoms with Crippen LogP contribution in [0.5, 0.6) is 0 Å². The molecular formula is C21H41NO5Si. The summed E-state index contributed by atoms with van der Waals surface area (Å²) < 4.78 is 11.6. The Morgan fingerprint density at radius 2 is 1.79 bits per heavy atom. The zero-order valence-electron chi connectivity index (χ0n) is 18.8. The molecule has 0 aromatic carbocycles. The number of nitrogens with zero attached hydrogens (tertiary/aromatic N) is 1. The van der Waals surface area contributed by atoms with E-state index in [1.54, 1.807) is 0 Å². The number of carbonyl (C=O) groups excluding carboxylic acids is 1. The van der Waals surface area contributed by atoms with E-state index in [1.807, 2.05) is 6.92 Å². The first-order valence-electron chi connectivity index (χ1n) is 10.9. The lowest BCUT2D eigenvalue weighted by Gasteiger charge is -2.40. The van der Waals surface area contributed by atoms with E-state index in [4.69, 9.17) is 9.16 Å². The highest BCUT2D eigenvalue weighted by atomic mass is 28.4. The van der Waals surface area contributed by atoms with Gasteiger partial charge in [0.2, 0.25) is 6.54 Å². The lowest BCUT2D eigenvalue weighted by atomic mass is 9.89. The van der Waals surface area contributed by atoms with Gasteiger partial charge >= 0.3 is 5.97 Å². The third-order valence-corrected chi connectivity index (χ3v) is 11.0. The highest BCUT2D eigenvalue weighted by molar-refractivity contribution is 6.74. The van der Waals surface area contributed by atoms with Gasteiger partial charge in [0.1, 0.15) is 0 Å². The Morgan fingerprint density at radius 1 is 1.14 bits per heavy atom. The lowest BCUT2D eigenvalue weighted by Crippen LogP contribution is -2.45. The molecule has 0 aromatic heterocycles. The van der Waals surface area contributed by atoms with E-state index < -0.39 is 8.32 Å². The highest BCUT2D eigenvalue weighted by Crippen LogP contribution is 2.44. The van der Waals surface area contributed by atoms with Crippen molar-refractivity contribution in [3.8, 4) is 0 Å². The predicted molar refractivity (Wildman–Crippen MR) is 114 cm³/mol. The average molecular weight is 416 g/mol. The van der Waals surface area contributed by atoms with Gasteiger partial charge in [0.15, 0.2) is 8.32 Å². The molecule has 164 valence electrons. The first kappa shape index (κ1) is 25.1. The van der Waals surface area contributed by atoms with Crippen LogP contribution in [0.25, 0.3) is 0 Å². The Hall–Kier alpha value is -0.953. The molecule has 0 N–H and O–H groups in total. The average Bonchev–Trinajstić information content (AvgIpc) is 2.90. The van der Waals surface area contributed by atoms with Crippen LogP contribution in [0.4, 0.5) is 0 Å². The Balaban J connectivity index is 2.54. The van der Waals surface area contributed by atoms with E-state index in [2.05, 4.69) is 33.9 Å². The molecule has 0 saturated heterocycles. The molecule has 1 aliphatic carbocycles. The van der Waals surface area contributed by atoms with Gasteiger partial charge in [-0.3, -0.25) is 14.9 Å². The number of nitro groups is 1. The van der Waals surface area contributed by atoms with Crippen molar-refractivity contribution in [2.45, 2.75) is 103 Å². The number of rotatable bonds is 12. The largest absolute Gasteiger partial charge is 0.466 e. The number of hydrogen-bond donors (Lipinski definition) is 0. The summed E-state index contributed by atoms with van der Waals surface area (Å²) in [5.41, 5.74) is 0. The molecule has 0 amide bonds. The van der Waals surface area contributed by atoms with Crippen LogP contribution in [0.1, 0.15) is 79.1 Å². The second kappa shape index (κ2) is 11.3. The Labute approximate surface area is 172 Å². The fraction of sp³-hybridized carbons (Fsp3) is 0.952. The number of unbranched alkanes of at least 4 members (excludes halogenated alkanes) is 3. The second-order valence-corrected chi connectivity index (χ2v) is 14.4. The first-order chi connectivity index (χ1) is 13.0. The molecule has 0 aliphatic heterocycles. The van der Waals surface area contributed by atoms with Gasteiger partial charge in [-0.1, -0.05) is 40.0 Å². The summed E-state index contributed by atoms with van der Waals surface area (Å²) in [7, 11) is -1.88. The number of ether oxygens (including phenoxy) is 1. The summed E-state index contributed by atoms with van der Waals surface area (Å²) in [6.45, 7) is 13.6. The van der Waals surface area contributed by atoms with Crippen molar-refractivity contribution in [3.05, 3.63) is 10.1 Å². The third kappa shape index (κ3) is 8.19. The topological polar surface area (TPSA) is 78.7 Å². The predicted octanol–water partition coefficient (Wildman–Crippen LogP) is 5.58. The summed E-state index contributed by atoms with van der Waals surface area (Å²) >= 11 is 0. The van der Waals surface area contributed by atoms with Gasteiger partial charge in [0.05, 0.1) is 6.61 Å². The van der Waals surface area contributed by atoms with Gasteiger partial charge < -0.3 is 9.16 Å². The third-order valence-electron chi connectivity index (χ3n) is 6.51. The normalized spacial score (nSPS) is 23.0. The van der Waals surface area contributed by atoms with E-state index in [1.165, 1.54) is 0 Å². The van der Waals surface area contributed by atoms with Gasteiger partial charge in [0.25, 0.3) is 0 Å². The Morgan fingerprint density at radius 3 is 2.36 bits per heavy atom. The molecule has 1 aliphatic rings. The van der Waals surface area contributed by atoms with E-state index in [-0.39, 0.29) is 40.4 Å². The van der Waals surface area contributed by atoms with Gasteiger partial charge in [-0.05, 0) is 56.7 Å². The van der Waals surface area contributed by atoms with E-state index in [0.29, 0.717) is 13.0 Å². The smallest absolute Gasteiger partial charge is 0.305 e. The van der Waals surface area contributed by atoms with E-state index in [9.17, 15) is 14.9 Å². The molecule has 1 fully saturated rings. The van der Waals surface area contributed by atoms with Crippen molar-refractivity contribution in [2.75, 3.05) is 13.2 Å². The summed E-state index contributed by atoms with van der Waals surface area (Å²) in [4.78, 5) is 22.3. The fourth-order valence-electron chi connectivity index (χ4n) is 3.89. The van der Waals surface area contributed by atoms with Crippen molar-refractivity contribution < 1.29 is 18.9 Å². The van der Waals surface area contributed by atoms with Crippen LogP contribution >= 0.6 is 0 Å². The summed E-state index contributed by atoms with van der Waals surface area (Å²) in [6, 6.07) is 0. The fourth-order valence-corrected chi connectivity index (χ4v) is 5.29. The van der Waals surface area contributed by atoms with Crippen LogP contribution in [0.3, 0.4) is 0 Å². The van der Waals surface area contributed by atoms with E-state index >= 15 is 0 Å². The van der Waals surface area contributed by atoms with Crippen LogP contribution in [-0.2, 0) is 14.0 Å². The number of carbonyl (C=O) groups is 1. The standard InChI is InChI=1S/C21H41NO5Si/c1-7-26-20(23)13-11-9-8-10-12-18-17(16-22(24)25)14-15-19(18)27-28(5,6)21(2,3)4/h17-19H,7-16H2,1-6H3/t17-,18-,19-/m1/s1. The molecular weight excluding hydrogens is 374 g/mol. The maximum Gasteiger partial charge on any atom is 0.305 e. The quantitative estimate of drug-likeness (QED) is 0.137. The molecule has 6 nitrogen and oxygen atoms in total. The maximum absolute atomic E-state index is 11.4. The monoisotopic (exact) mass is 415 g/mol. The molecule has 1 saturated carbocycles. The van der Waals surface area contributed by atoms with Crippen molar-refractivity contribution in [3.63, 3.8) is 0 Å². The molecule has 0 spiro atoms. The summed E-state index contributed by atoms with van der Waals surface area (Å²) in [5.74, 6) is 0.293. The SMILES string of the molecule is CCOC(=O)CCCCCC[C@@H]1[C@@H](C[N+](=O)[O-])CC[C@H]1O[Si](C)(C)C(C)(C)C. The molecule has 1 rings (SSSR count). The molecule has 7 heteroatoms. The Bertz CT molecular complexity index is 504. The molecule has 28 heavy (non-hydrogen) atoms. The van der Waals surface area contributed by atoms with Crippen molar-refractivity contribution >= 4 is 14.3 Å². The molecule has 0 unspecified atom stereocenters. The summed E-state index contributed by atoms with van der Waals surface area (Å²) in [5, 5.41) is 11.3. The molecule has 3 atom stereocenters. The molecule has 0 heterocycles. The number of esters is 1. The lowest BCUT2D eigenvalue weighted by molar-refractivity contribution is -0.489. The van der Waals surface area contributed by atoms with Crippen LogP contribution in [-0.4, -0.2) is 38.5 Å². The van der Waals surface area contributed by atoms with E-state index in [0.717, 1.165) is 44.9 Å². The highest BCUT2D eigenvalue weighted by Gasteiger charge is 2.45. The number of hydrogen-bond acceptors (Lipinski definition) is 5. The van der Waals surface area contributed by atoms with Gasteiger partial charge in [-0.15, -0.1) is 0 Å². The first-order valence-corrected chi connectivity index (χ1v) is 13.8. The van der Waals surface area contributed by atoms with Crippen molar-refractivity contribution in [1.29, 1.82) is 0 Å². The van der Waals surface area contributed by atoms with Gasteiger partial charge in [-0.25, -0.2) is 0 Å². The van der Waals surface area contributed by atoms with Crippen LogP contribution in [0.15, 0.2) is 0 Å².